The number of aromatic nitrogens is 1. The first-order valence-corrected chi connectivity index (χ1v) is 7.04. The van der Waals surface area contributed by atoms with Gasteiger partial charge in [0, 0.05) is 11.8 Å². The van der Waals surface area contributed by atoms with Gasteiger partial charge in [0.1, 0.15) is 5.69 Å². The van der Waals surface area contributed by atoms with Crippen LogP contribution in [-0.2, 0) is 6.42 Å². The van der Waals surface area contributed by atoms with Crippen molar-refractivity contribution in [3.63, 3.8) is 0 Å². The number of nitrogen functional groups attached to an aromatic ring is 1. The zero-order chi connectivity index (χ0) is 13.8. The van der Waals surface area contributed by atoms with E-state index in [4.69, 9.17) is 5.73 Å². The smallest absolute Gasteiger partial charge is 0.275 e. The number of nitrogens with zero attached hydrogens (tertiary/aromatic N) is 1. The second kappa shape index (κ2) is 8.87. The summed E-state index contributed by atoms with van der Waals surface area (Å²) in [4.78, 5) is 16.4. The lowest BCUT2D eigenvalue weighted by Gasteiger charge is -2.05. The Morgan fingerprint density at radius 2 is 2.00 bits per heavy atom. The highest BCUT2D eigenvalue weighted by Crippen LogP contribution is 2.19. The molecular weight excluding hydrogens is 329 g/mol. The lowest BCUT2D eigenvalue weighted by molar-refractivity contribution is 0.102. The minimum Gasteiger partial charge on any atom is -0.397 e. The number of para-hydroxylation sites is 2. The molecule has 21 heavy (non-hydrogen) atoms. The van der Waals surface area contributed by atoms with Crippen LogP contribution < -0.4 is 11.1 Å². The van der Waals surface area contributed by atoms with Gasteiger partial charge in [0.25, 0.3) is 5.91 Å². The largest absolute Gasteiger partial charge is 0.397 e. The summed E-state index contributed by atoms with van der Waals surface area (Å²) in [5.41, 5.74) is 7.40. The molecule has 1 amide bonds. The molecule has 2 aromatic rings. The van der Waals surface area contributed by atoms with E-state index in [-0.39, 0.29) is 30.7 Å². The van der Waals surface area contributed by atoms with Gasteiger partial charge in [-0.1, -0.05) is 26.0 Å². The van der Waals surface area contributed by atoms with E-state index in [9.17, 15) is 4.79 Å². The first-order valence-electron chi connectivity index (χ1n) is 6.16. The van der Waals surface area contributed by atoms with Crippen molar-refractivity contribution < 1.29 is 4.79 Å². The summed E-state index contributed by atoms with van der Waals surface area (Å²) in [5, 5.41) is 5.54. The van der Waals surface area contributed by atoms with Gasteiger partial charge >= 0.3 is 0 Å². The first-order chi connectivity index (χ1) is 9.06. The molecular formula is C14H19Cl2N3OS. The van der Waals surface area contributed by atoms with Crippen molar-refractivity contribution in [3.8, 4) is 0 Å². The average molecular weight is 348 g/mol. The van der Waals surface area contributed by atoms with Crippen LogP contribution in [0.25, 0.3) is 0 Å². The molecule has 0 saturated heterocycles. The molecule has 0 bridgehead atoms. The summed E-state index contributed by atoms with van der Waals surface area (Å²) in [6.45, 7) is 4.26. The van der Waals surface area contributed by atoms with Gasteiger partial charge in [0.05, 0.1) is 16.4 Å². The predicted octanol–water partition coefficient (Wildman–Crippen LogP) is 4.02. The number of thiazole rings is 1. The zero-order valence-corrected chi connectivity index (χ0v) is 14.3. The van der Waals surface area contributed by atoms with E-state index in [1.807, 2.05) is 12.1 Å². The molecule has 0 aliphatic heterocycles. The Bertz CT molecular complexity index is 587. The third kappa shape index (κ3) is 5.53. The molecule has 116 valence electrons. The maximum Gasteiger partial charge on any atom is 0.275 e. The monoisotopic (exact) mass is 347 g/mol. The van der Waals surface area contributed by atoms with Gasteiger partial charge in [0.2, 0.25) is 0 Å². The summed E-state index contributed by atoms with van der Waals surface area (Å²) in [5.74, 6) is 0.316. The van der Waals surface area contributed by atoms with Crippen LogP contribution in [0, 0.1) is 5.92 Å². The fraction of sp³-hybridized carbons (Fsp3) is 0.286. The van der Waals surface area contributed by atoms with Crippen molar-refractivity contribution in [1.29, 1.82) is 0 Å². The van der Waals surface area contributed by atoms with Crippen LogP contribution in [0.15, 0.2) is 29.6 Å². The standard InChI is InChI=1S/C14H17N3OS.2ClH/c1-9(2)7-13-16-12(8-19-13)14(18)17-11-6-4-3-5-10(11)15;;/h3-6,8-9H,7,15H2,1-2H3,(H,17,18);2*1H. The molecule has 1 heterocycles. The van der Waals surface area contributed by atoms with E-state index in [1.54, 1.807) is 17.5 Å². The van der Waals surface area contributed by atoms with Crippen molar-refractivity contribution in [2.75, 3.05) is 11.1 Å². The van der Waals surface area contributed by atoms with Gasteiger partial charge in [-0.2, -0.15) is 0 Å². The molecule has 3 N–H and O–H groups in total. The average Bonchev–Trinajstić information content (AvgIpc) is 2.79. The van der Waals surface area contributed by atoms with Crippen molar-refractivity contribution in [2.45, 2.75) is 20.3 Å². The number of benzene rings is 1. The normalized spacial score (nSPS) is 9.67. The fourth-order valence-corrected chi connectivity index (χ4v) is 2.64. The van der Waals surface area contributed by atoms with Crippen LogP contribution in [-0.4, -0.2) is 10.9 Å². The van der Waals surface area contributed by atoms with Crippen molar-refractivity contribution in [3.05, 3.63) is 40.3 Å². The molecule has 4 nitrogen and oxygen atoms in total. The van der Waals surface area contributed by atoms with Gasteiger partial charge in [-0.15, -0.1) is 36.2 Å². The van der Waals surface area contributed by atoms with E-state index in [2.05, 4.69) is 24.1 Å². The maximum absolute atomic E-state index is 12.0. The molecule has 0 fully saturated rings. The minimum atomic E-state index is -0.218. The van der Waals surface area contributed by atoms with Crippen LogP contribution in [0.1, 0.15) is 29.3 Å². The number of rotatable bonds is 4. The fourth-order valence-electron chi connectivity index (χ4n) is 1.66. The number of anilines is 2. The van der Waals surface area contributed by atoms with Crippen molar-refractivity contribution >= 4 is 53.4 Å². The number of halogens is 2. The highest BCUT2D eigenvalue weighted by atomic mass is 35.5. The lowest BCUT2D eigenvalue weighted by atomic mass is 10.1. The summed E-state index contributed by atoms with van der Waals surface area (Å²) < 4.78 is 0. The molecule has 1 aromatic heterocycles. The Balaban J connectivity index is 0.00000200. The first kappa shape index (κ1) is 19.7. The molecule has 0 spiro atoms. The quantitative estimate of drug-likeness (QED) is 0.820. The summed E-state index contributed by atoms with van der Waals surface area (Å²) >= 11 is 1.52. The Morgan fingerprint density at radius 1 is 1.33 bits per heavy atom. The zero-order valence-electron chi connectivity index (χ0n) is 11.8. The van der Waals surface area contributed by atoms with Gasteiger partial charge in [-0.25, -0.2) is 4.98 Å². The number of carbonyl (C=O) groups is 1. The molecule has 7 heteroatoms. The van der Waals surface area contributed by atoms with Crippen LogP contribution in [0.4, 0.5) is 11.4 Å². The Kier molecular flexibility index (Phi) is 8.32. The lowest BCUT2D eigenvalue weighted by Crippen LogP contribution is -2.13. The molecule has 0 atom stereocenters. The number of carbonyl (C=O) groups excluding carboxylic acids is 1. The molecule has 0 radical (unpaired) electrons. The van der Waals surface area contributed by atoms with Crippen LogP contribution >= 0.6 is 36.2 Å². The number of nitrogens with two attached hydrogens (primary N) is 1. The van der Waals surface area contributed by atoms with E-state index < -0.39 is 0 Å². The van der Waals surface area contributed by atoms with E-state index in [1.165, 1.54) is 11.3 Å². The van der Waals surface area contributed by atoms with Gasteiger partial charge < -0.3 is 11.1 Å². The topological polar surface area (TPSA) is 68.0 Å². The molecule has 0 saturated carbocycles. The van der Waals surface area contributed by atoms with E-state index >= 15 is 0 Å². The Hall–Kier alpha value is -1.30. The Morgan fingerprint density at radius 3 is 2.62 bits per heavy atom. The SMILES string of the molecule is CC(C)Cc1nc(C(=O)Nc2ccccc2N)cs1.Cl.Cl. The van der Waals surface area contributed by atoms with Gasteiger partial charge in [0.15, 0.2) is 0 Å². The minimum absolute atomic E-state index is 0. The molecule has 2 rings (SSSR count). The Labute approximate surface area is 141 Å². The summed E-state index contributed by atoms with van der Waals surface area (Å²) in [6, 6.07) is 7.18. The molecule has 1 aromatic carbocycles. The highest BCUT2D eigenvalue weighted by molar-refractivity contribution is 7.09. The van der Waals surface area contributed by atoms with E-state index in [0.29, 0.717) is 23.0 Å². The molecule has 0 aliphatic carbocycles. The summed E-state index contributed by atoms with van der Waals surface area (Å²) in [6.07, 6.45) is 0.894. The third-order valence-corrected chi connectivity index (χ3v) is 3.45. The van der Waals surface area contributed by atoms with E-state index in [0.717, 1.165) is 11.4 Å². The molecule has 0 unspecified atom stereocenters. The summed E-state index contributed by atoms with van der Waals surface area (Å²) in [7, 11) is 0. The van der Waals surface area contributed by atoms with Crippen LogP contribution in [0.5, 0.6) is 0 Å². The second-order valence-electron chi connectivity index (χ2n) is 4.77. The number of nitrogens with one attached hydrogen (secondary N) is 1. The van der Waals surface area contributed by atoms with Crippen molar-refractivity contribution in [1.82, 2.24) is 4.98 Å². The number of amides is 1. The van der Waals surface area contributed by atoms with Gasteiger partial charge in [-0.3, -0.25) is 4.79 Å². The number of hydrogen-bond acceptors (Lipinski definition) is 4. The van der Waals surface area contributed by atoms with Crippen LogP contribution in [0.2, 0.25) is 0 Å². The third-order valence-electron chi connectivity index (χ3n) is 2.58. The molecule has 0 aliphatic rings. The highest BCUT2D eigenvalue weighted by Gasteiger charge is 2.12. The number of hydrogen-bond donors (Lipinski definition) is 2. The maximum atomic E-state index is 12.0. The van der Waals surface area contributed by atoms with Crippen LogP contribution in [0.3, 0.4) is 0 Å². The van der Waals surface area contributed by atoms with Crippen molar-refractivity contribution in [2.24, 2.45) is 5.92 Å². The second-order valence-corrected chi connectivity index (χ2v) is 5.71. The van der Waals surface area contributed by atoms with Gasteiger partial charge in [-0.05, 0) is 18.1 Å². The predicted molar refractivity (Wildman–Crippen MR) is 94.0 cm³/mol.